The van der Waals surface area contributed by atoms with Crippen molar-refractivity contribution in [2.24, 2.45) is 5.92 Å². The van der Waals surface area contributed by atoms with Gasteiger partial charge < -0.3 is 10.2 Å². The fraction of sp³-hybridized carbons (Fsp3) is 0.556. The molecule has 3 rings (SSSR count). The topological polar surface area (TPSA) is 49.4 Å². The molecule has 0 spiro atoms. The van der Waals surface area contributed by atoms with Crippen LogP contribution < -0.4 is 10.2 Å². The summed E-state index contributed by atoms with van der Waals surface area (Å²) < 4.78 is 0.887. The normalized spacial score (nSPS) is 22.9. The zero-order valence-corrected chi connectivity index (χ0v) is 14.8. The van der Waals surface area contributed by atoms with Crippen molar-refractivity contribution in [1.29, 1.82) is 0 Å². The van der Waals surface area contributed by atoms with E-state index in [2.05, 4.69) is 21.2 Å². The molecule has 1 N–H and O–H groups in total. The Labute approximate surface area is 145 Å². The highest BCUT2D eigenvalue weighted by molar-refractivity contribution is 9.10. The van der Waals surface area contributed by atoms with Gasteiger partial charge in [-0.1, -0.05) is 37.8 Å². The number of hydrogen-bond acceptors (Lipinski definition) is 2. The second-order valence-corrected chi connectivity index (χ2v) is 7.41. The van der Waals surface area contributed by atoms with Gasteiger partial charge >= 0.3 is 0 Å². The van der Waals surface area contributed by atoms with Crippen molar-refractivity contribution >= 4 is 33.4 Å². The first-order chi connectivity index (χ1) is 11.1. The van der Waals surface area contributed by atoms with E-state index in [1.54, 1.807) is 4.90 Å². The number of benzene rings is 1. The van der Waals surface area contributed by atoms with Crippen LogP contribution in [0.1, 0.15) is 44.9 Å². The third kappa shape index (κ3) is 3.94. The van der Waals surface area contributed by atoms with Crippen LogP contribution in [0.15, 0.2) is 28.7 Å². The molecular formula is C18H23BrN2O2. The summed E-state index contributed by atoms with van der Waals surface area (Å²) in [6.07, 6.45) is 7.37. The first kappa shape index (κ1) is 16.5. The highest BCUT2D eigenvalue weighted by atomic mass is 79.9. The van der Waals surface area contributed by atoms with Gasteiger partial charge in [0.2, 0.25) is 11.8 Å². The number of carbonyl (C=O) groups is 2. The molecular weight excluding hydrogens is 356 g/mol. The molecule has 5 heteroatoms. The summed E-state index contributed by atoms with van der Waals surface area (Å²) in [6, 6.07) is 7.95. The third-order valence-corrected chi connectivity index (χ3v) is 5.51. The van der Waals surface area contributed by atoms with Crippen LogP contribution in [0.3, 0.4) is 0 Å². The summed E-state index contributed by atoms with van der Waals surface area (Å²) in [4.78, 5) is 26.6. The number of nitrogens with one attached hydrogen (secondary N) is 1. The van der Waals surface area contributed by atoms with Gasteiger partial charge in [0.25, 0.3) is 0 Å². The molecule has 4 nitrogen and oxygen atoms in total. The van der Waals surface area contributed by atoms with Crippen LogP contribution in [0, 0.1) is 5.92 Å². The van der Waals surface area contributed by atoms with Crippen LogP contribution in [-0.2, 0) is 9.59 Å². The Bertz CT molecular complexity index is 582. The molecule has 1 heterocycles. The van der Waals surface area contributed by atoms with E-state index in [4.69, 9.17) is 0 Å². The van der Waals surface area contributed by atoms with Gasteiger partial charge in [0.05, 0.1) is 11.6 Å². The number of para-hydroxylation sites is 1. The minimum atomic E-state index is -0.238. The fourth-order valence-corrected chi connectivity index (χ4v) is 4.03. The van der Waals surface area contributed by atoms with Crippen molar-refractivity contribution in [3.05, 3.63) is 28.7 Å². The average molecular weight is 379 g/mol. The van der Waals surface area contributed by atoms with Gasteiger partial charge in [0.1, 0.15) is 0 Å². The number of hydrogen-bond donors (Lipinski definition) is 1. The summed E-state index contributed by atoms with van der Waals surface area (Å²) in [5.41, 5.74) is 0.849. The van der Waals surface area contributed by atoms with Crippen LogP contribution in [0.5, 0.6) is 0 Å². The number of rotatable bonds is 3. The van der Waals surface area contributed by atoms with E-state index < -0.39 is 0 Å². The Morgan fingerprint density at radius 3 is 2.52 bits per heavy atom. The van der Waals surface area contributed by atoms with E-state index in [0.717, 1.165) is 23.0 Å². The van der Waals surface area contributed by atoms with Crippen LogP contribution >= 0.6 is 15.9 Å². The molecule has 23 heavy (non-hydrogen) atoms. The first-order valence-corrected chi connectivity index (χ1v) is 9.29. The van der Waals surface area contributed by atoms with Gasteiger partial charge in [-0.05, 0) is 40.9 Å². The lowest BCUT2D eigenvalue weighted by molar-refractivity contribution is -0.127. The van der Waals surface area contributed by atoms with Crippen LogP contribution in [0.25, 0.3) is 0 Å². The van der Waals surface area contributed by atoms with Crippen molar-refractivity contribution < 1.29 is 9.59 Å². The summed E-state index contributed by atoms with van der Waals surface area (Å²) in [5, 5.41) is 3.18. The van der Waals surface area contributed by atoms with Crippen LogP contribution in [0.4, 0.5) is 5.69 Å². The molecule has 1 saturated carbocycles. The molecule has 0 unspecified atom stereocenters. The van der Waals surface area contributed by atoms with E-state index in [0.29, 0.717) is 13.0 Å². The molecule has 2 fully saturated rings. The highest BCUT2D eigenvalue weighted by Gasteiger charge is 2.36. The second kappa shape index (κ2) is 7.47. The van der Waals surface area contributed by atoms with Crippen molar-refractivity contribution in [1.82, 2.24) is 5.32 Å². The lowest BCUT2D eigenvalue weighted by Gasteiger charge is -2.20. The minimum Gasteiger partial charge on any atom is -0.353 e. The van der Waals surface area contributed by atoms with Crippen LogP contribution in [-0.4, -0.2) is 24.4 Å². The lowest BCUT2D eigenvalue weighted by atomic mass is 10.0. The standard InChI is InChI=1S/C18H23BrN2O2/c19-15-9-5-6-10-16(15)21-12-13(11-17(21)22)18(23)20-14-7-3-1-2-4-8-14/h5-6,9-10,13-14H,1-4,7-8,11-12H2,(H,20,23)/t13-/m1/s1. The number of carbonyl (C=O) groups excluding carboxylic acids is 2. The monoisotopic (exact) mass is 378 g/mol. The summed E-state index contributed by atoms with van der Waals surface area (Å²) in [5.74, 6) is -0.171. The average Bonchev–Trinajstić information content (AvgIpc) is 2.75. The third-order valence-electron chi connectivity index (χ3n) is 4.84. The van der Waals surface area contributed by atoms with Gasteiger partial charge in [-0.15, -0.1) is 0 Å². The van der Waals surface area contributed by atoms with Gasteiger partial charge in [0.15, 0.2) is 0 Å². The molecule has 124 valence electrons. The maximum atomic E-state index is 12.5. The van der Waals surface area contributed by atoms with Crippen molar-refractivity contribution in [2.45, 2.75) is 51.0 Å². The fourth-order valence-electron chi connectivity index (χ4n) is 3.53. The summed E-state index contributed by atoms with van der Waals surface area (Å²) in [6.45, 7) is 0.472. The molecule has 1 aromatic rings. The smallest absolute Gasteiger partial charge is 0.227 e. The predicted octanol–water partition coefficient (Wildman–Crippen LogP) is 3.64. The van der Waals surface area contributed by atoms with E-state index in [-0.39, 0.29) is 23.8 Å². The van der Waals surface area contributed by atoms with Gasteiger partial charge in [-0.25, -0.2) is 0 Å². The molecule has 0 bridgehead atoms. The molecule has 1 aliphatic heterocycles. The number of halogens is 1. The molecule has 1 saturated heterocycles. The Morgan fingerprint density at radius 2 is 1.83 bits per heavy atom. The quantitative estimate of drug-likeness (QED) is 0.816. The maximum absolute atomic E-state index is 12.5. The van der Waals surface area contributed by atoms with E-state index in [9.17, 15) is 9.59 Å². The Balaban J connectivity index is 1.62. The first-order valence-electron chi connectivity index (χ1n) is 8.50. The number of anilines is 1. The largest absolute Gasteiger partial charge is 0.353 e. The van der Waals surface area contributed by atoms with Crippen LogP contribution in [0.2, 0.25) is 0 Å². The molecule has 1 atom stereocenters. The van der Waals surface area contributed by atoms with Crippen molar-refractivity contribution in [3.63, 3.8) is 0 Å². The molecule has 0 aromatic heterocycles. The van der Waals surface area contributed by atoms with Gasteiger partial charge in [-0.3, -0.25) is 9.59 Å². The minimum absolute atomic E-state index is 0.0258. The number of nitrogens with zero attached hydrogens (tertiary/aromatic N) is 1. The highest BCUT2D eigenvalue weighted by Crippen LogP contribution is 2.31. The van der Waals surface area contributed by atoms with Gasteiger partial charge in [0, 0.05) is 23.5 Å². The van der Waals surface area contributed by atoms with Crippen molar-refractivity contribution in [2.75, 3.05) is 11.4 Å². The van der Waals surface area contributed by atoms with E-state index in [1.807, 2.05) is 24.3 Å². The Hall–Kier alpha value is -1.36. The molecule has 1 aliphatic carbocycles. The second-order valence-electron chi connectivity index (χ2n) is 6.55. The van der Waals surface area contributed by atoms with E-state index in [1.165, 1.54) is 25.7 Å². The molecule has 2 aliphatic rings. The van der Waals surface area contributed by atoms with Crippen molar-refractivity contribution in [3.8, 4) is 0 Å². The predicted molar refractivity (Wildman–Crippen MR) is 94.2 cm³/mol. The lowest BCUT2D eigenvalue weighted by Crippen LogP contribution is -2.39. The maximum Gasteiger partial charge on any atom is 0.227 e. The van der Waals surface area contributed by atoms with Gasteiger partial charge in [-0.2, -0.15) is 0 Å². The summed E-state index contributed by atoms with van der Waals surface area (Å²) in [7, 11) is 0. The Kier molecular flexibility index (Phi) is 5.36. The molecule has 1 aromatic carbocycles. The van der Waals surface area contributed by atoms with E-state index >= 15 is 0 Å². The zero-order chi connectivity index (χ0) is 16.2. The number of amides is 2. The zero-order valence-electron chi connectivity index (χ0n) is 13.3. The Morgan fingerprint density at radius 1 is 1.13 bits per heavy atom. The molecule has 2 amide bonds. The molecule has 0 radical (unpaired) electrons. The summed E-state index contributed by atoms with van der Waals surface area (Å²) >= 11 is 3.48. The SMILES string of the molecule is O=C(NC1CCCCCC1)[C@@H]1CC(=O)N(c2ccccc2Br)C1.